The molecule has 1 heterocycles. The third-order valence-electron chi connectivity index (χ3n) is 3.95. The standard InChI is InChI=1S/C14H21BrS/c1-10(2)12-3-4-14(15)13(8-12)7-11-5-6-16-9-11/h5-6,9-10,12-14H,3-4,7-8H2,1-2H3. The van der Waals surface area contributed by atoms with Crippen molar-refractivity contribution in [3.63, 3.8) is 0 Å². The zero-order valence-electron chi connectivity index (χ0n) is 10.2. The van der Waals surface area contributed by atoms with E-state index >= 15 is 0 Å². The third kappa shape index (κ3) is 3.10. The Kier molecular flexibility index (Phi) is 4.48. The van der Waals surface area contributed by atoms with Gasteiger partial charge < -0.3 is 0 Å². The van der Waals surface area contributed by atoms with Gasteiger partial charge in [0.15, 0.2) is 0 Å². The van der Waals surface area contributed by atoms with Gasteiger partial charge in [-0.15, -0.1) is 0 Å². The molecule has 0 radical (unpaired) electrons. The third-order valence-corrected chi connectivity index (χ3v) is 5.89. The molecule has 0 nitrogen and oxygen atoms in total. The Morgan fingerprint density at radius 2 is 2.25 bits per heavy atom. The van der Waals surface area contributed by atoms with Crippen molar-refractivity contribution in [2.45, 2.75) is 44.4 Å². The molecule has 0 bridgehead atoms. The Morgan fingerprint density at radius 3 is 2.88 bits per heavy atom. The molecule has 1 aliphatic carbocycles. The quantitative estimate of drug-likeness (QED) is 0.679. The van der Waals surface area contributed by atoms with Crippen LogP contribution in [0.3, 0.4) is 0 Å². The molecule has 1 fully saturated rings. The molecule has 0 aromatic carbocycles. The minimum absolute atomic E-state index is 0.738. The first-order valence-electron chi connectivity index (χ1n) is 6.32. The molecule has 2 rings (SSSR count). The number of halogens is 1. The lowest BCUT2D eigenvalue weighted by molar-refractivity contribution is 0.223. The van der Waals surface area contributed by atoms with Gasteiger partial charge >= 0.3 is 0 Å². The molecule has 90 valence electrons. The van der Waals surface area contributed by atoms with E-state index in [0.29, 0.717) is 0 Å². The minimum Gasteiger partial charge on any atom is -0.152 e. The number of hydrogen-bond donors (Lipinski definition) is 0. The van der Waals surface area contributed by atoms with E-state index in [0.717, 1.165) is 22.6 Å². The van der Waals surface area contributed by atoms with Crippen molar-refractivity contribution in [2.24, 2.45) is 17.8 Å². The summed E-state index contributed by atoms with van der Waals surface area (Å²) >= 11 is 5.70. The molecule has 1 saturated carbocycles. The van der Waals surface area contributed by atoms with Gasteiger partial charge in [0, 0.05) is 4.83 Å². The van der Waals surface area contributed by atoms with Gasteiger partial charge in [0.05, 0.1) is 0 Å². The van der Waals surface area contributed by atoms with Crippen LogP contribution >= 0.6 is 27.3 Å². The van der Waals surface area contributed by atoms with Crippen LogP contribution in [0.5, 0.6) is 0 Å². The average molecular weight is 301 g/mol. The molecule has 0 spiro atoms. The van der Waals surface area contributed by atoms with Crippen LogP contribution in [-0.2, 0) is 6.42 Å². The van der Waals surface area contributed by atoms with Crippen molar-refractivity contribution in [2.75, 3.05) is 0 Å². The molecule has 3 unspecified atom stereocenters. The summed E-state index contributed by atoms with van der Waals surface area (Å²) < 4.78 is 0. The van der Waals surface area contributed by atoms with E-state index < -0.39 is 0 Å². The summed E-state index contributed by atoms with van der Waals surface area (Å²) in [5.74, 6) is 2.64. The van der Waals surface area contributed by atoms with Crippen LogP contribution in [0.2, 0.25) is 0 Å². The number of hydrogen-bond acceptors (Lipinski definition) is 1. The van der Waals surface area contributed by atoms with Crippen molar-refractivity contribution in [1.82, 2.24) is 0 Å². The highest BCUT2D eigenvalue weighted by molar-refractivity contribution is 9.09. The summed E-state index contributed by atoms with van der Waals surface area (Å²) in [4.78, 5) is 0.738. The Bertz CT molecular complexity index is 305. The van der Waals surface area contributed by atoms with E-state index in [1.807, 2.05) is 11.3 Å². The molecule has 0 aliphatic heterocycles. The molecule has 2 heteroatoms. The molecule has 1 aromatic rings. The summed E-state index contributed by atoms with van der Waals surface area (Å²) in [5, 5.41) is 4.50. The highest BCUT2D eigenvalue weighted by Crippen LogP contribution is 2.39. The summed E-state index contributed by atoms with van der Waals surface area (Å²) in [6.45, 7) is 4.75. The fraction of sp³-hybridized carbons (Fsp3) is 0.714. The molecule has 1 aliphatic rings. The molecular weight excluding hydrogens is 280 g/mol. The predicted molar refractivity (Wildman–Crippen MR) is 76.4 cm³/mol. The SMILES string of the molecule is CC(C)C1CCC(Br)C(Cc2ccsc2)C1. The summed E-state index contributed by atoms with van der Waals surface area (Å²) in [6, 6.07) is 2.28. The molecular formula is C14H21BrS. The maximum Gasteiger partial charge on any atom is 0.0177 e. The second kappa shape index (κ2) is 5.68. The predicted octanol–water partition coefficient (Wildman–Crippen LogP) is 5.13. The van der Waals surface area contributed by atoms with Crippen molar-refractivity contribution in [1.29, 1.82) is 0 Å². The van der Waals surface area contributed by atoms with Crippen LogP contribution in [-0.4, -0.2) is 4.83 Å². The minimum atomic E-state index is 0.738. The summed E-state index contributed by atoms with van der Waals surface area (Å²) in [7, 11) is 0. The number of alkyl halides is 1. The van der Waals surface area contributed by atoms with Gasteiger partial charge in [-0.2, -0.15) is 11.3 Å². The second-order valence-electron chi connectivity index (χ2n) is 5.43. The van der Waals surface area contributed by atoms with Gasteiger partial charge in [0.25, 0.3) is 0 Å². The van der Waals surface area contributed by atoms with E-state index in [-0.39, 0.29) is 0 Å². The van der Waals surface area contributed by atoms with E-state index in [1.165, 1.54) is 31.2 Å². The first-order valence-corrected chi connectivity index (χ1v) is 8.17. The Morgan fingerprint density at radius 1 is 1.44 bits per heavy atom. The molecule has 16 heavy (non-hydrogen) atoms. The molecule has 0 N–H and O–H groups in total. The lowest BCUT2D eigenvalue weighted by atomic mass is 9.74. The molecule has 0 saturated heterocycles. The molecule has 3 atom stereocenters. The summed E-state index contributed by atoms with van der Waals surface area (Å²) in [6.07, 6.45) is 5.44. The topological polar surface area (TPSA) is 0 Å². The van der Waals surface area contributed by atoms with E-state index in [1.54, 1.807) is 0 Å². The largest absolute Gasteiger partial charge is 0.152 e. The maximum absolute atomic E-state index is 3.88. The van der Waals surface area contributed by atoms with Crippen molar-refractivity contribution in [3.8, 4) is 0 Å². The van der Waals surface area contributed by atoms with Crippen molar-refractivity contribution in [3.05, 3.63) is 22.4 Å². The van der Waals surface area contributed by atoms with Gasteiger partial charge in [-0.05, 0) is 65.8 Å². The second-order valence-corrected chi connectivity index (χ2v) is 7.39. The Labute approximate surface area is 112 Å². The summed E-state index contributed by atoms with van der Waals surface area (Å²) in [5.41, 5.74) is 1.53. The first kappa shape index (κ1) is 12.6. The zero-order valence-corrected chi connectivity index (χ0v) is 12.6. The van der Waals surface area contributed by atoms with Crippen LogP contribution in [0, 0.1) is 17.8 Å². The highest BCUT2D eigenvalue weighted by atomic mass is 79.9. The van der Waals surface area contributed by atoms with Gasteiger partial charge in [-0.3, -0.25) is 0 Å². The Hall–Kier alpha value is 0.180. The maximum atomic E-state index is 3.88. The van der Waals surface area contributed by atoms with Crippen molar-refractivity contribution < 1.29 is 0 Å². The van der Waals surface area contributed by atoms with Gasteiger partial charge in [-0.1, -0.05) is 29.8 Å². The lowest BCUT2D eigenvalue weighted by Gasteiger charge is -2.35. The Balaban J connectivity index is 1.96. The highest BCUT2D eigenvalue weighted by Gasteiger charge is 2.30. The first-order chi connectivity index (χ1) is 7.66. The number of thiophene rings is 1. The lowest BCUT2D eigenvalue weighted by Crippen LogP contribution is -2.29. The monoisotopic (exact) mass is 300 g/mol. The van der Waals surface area contributed by atoms with Crippen LogP contribution in [0.4, 0.5) is 0 Å². The fourth-order valence-corrected chi connectivity index (χ4v) is 4.14. The van der Waals surface area contributed by atoms with Crippen LogP contribution in [0.25, 0.3) is 0 Å². The number of rotatable bonds is 3. The van der Waals surface area contributed by atoms with Gasteiger partial charge in [-0.25, -0.2) is 0 Å². The zero-order chi connectivity index (χ0) is 11.5. The normalized spacial score (nSPS) is 30.9. The van der Waals surface area contributed by atoms with Gasteiger partial charge in [0.1, 0.15) is 0 Å². The van der Waals surface area contributed by atoms with Crippen LogP contribution in [0.15, 0.2) is 16.8 Å². The molecule has 1 aromatic heterocycles. The molecule has 0 amide bonds. The van der Waals surface area contributed by atoms with Crippen molar-refractivity contribution >= 4 is 27.3 Å². The average Bonchev–Trinajstić information content (AvgIpc) is 2.73. The van der Waals surface area contributed by atoms with Crippen LogP contribution in [0.1, 0.15) is 38.7 Å². The van der Waals surface area contributed by atoms with Crippen LogP contribution < -0.4 is 0 Å². The van der Waals surface area contributed by atoms with E-state index in [4.69, 9.17) is 0 Å². The van der Waals surface area contributed by atoms with E-state index in [2.05, 4.69) is 46.6 Å². The van der Waals surface area contributed by atoms with E-state index in [9.17, 15) is 0 Å². The fourth-order valence-electron chi connectivity index (χ4n) is 2.79. The van der Waals surface area contributed by atoms with Gasteiger partial charge in [0.2, 0.25) is 0 Å². The smallest absolute Gasteiger partial charge is 0.0177 e.